The van der Waals surface area contributed by atoms with Crippen molar-refractivity contribution < 1.29 is 14.6 Å². The number of rotatable bonds is 4. The van der Waals surface area contributed by atoms with Gasteiger partial charge < -0.3 is 15.2 Å². The number of allylic oxidation sites excluding steroid dienone is 1. The highest BCUT2D eigenvalue weighted by Crippen LogP contribution is 2.31. The van der Waals surface area contributed by atoms with E-state index in [-0.39, 0.29) is 11.7 Å². The van der Waals surface area contributed by atoms with Gasteiger partial charge in [-0.25, -0.2) is 9.48 Å². The average Bonchev–Trinajstić information content (AvgIpc) is 2.97. The van der Waals surface area contributed by atoms with Crippen molar-refractivity contribution in [1.82, 2.24) is 14.8 Å². The standard InChI is InChI=1S/C14H14N4O3S/c1-21-9-5-3-4-8(6-9)11-7-10(12(19)20)15-13-16-14(22-2)17-18(11)13/h3-7,11H,1-2H3,(H,19,20)(H,15,16,17)/t11-/m0/s1. The number of anilines is 1. The van der Waals surface area contributed by atoms with E-state index in [9.17, 15) is 9.90 Å². The minimum absolute atomic E-state index is 0.0837. The summed E-state index contributed by atoms with van der Waals surface area (Å²) in [5.41, 5.74) is 0.957. The van der Waals surface area contributed by atoms with E-state index in [4.69, 9.17) is 4.74 Å². The fourth-order valence-corrected chi connectivity index (χ4v) is 2.59. The highest BCUT2D eigenvalue weighted by atomic mass is 32.2. The molecule has 0 amide bonds. The minimum Gasteiger partial charge on any atom is -0.497 e. The fraction of sp³-hybridized carbons (Fsp3) is 0.214. The molecule has 2 N–H and O–H groups in total. The van der Waals surface area contributed by atoms with Crippen molar-refractivity contribution in [3.8, 4) is 5.75 Å². The van der Waals surface area contributed by atoms with E-state index in [1.807, 2.05) is 30.5 Å². The molecule has 8 heteroatoms. The first-order valence-electron chi connectivity index (χ1n) is 6.49. The Balaban J connectivity index is 2.11. The fourth-order valence-electron chi connectivity index (χ4n) is 2.25. The van der Waals surface area contributed by atoms with Gasteiger partial charge in [0.1, 0.15) is 17.5 Å². The largest absolute Gasteiger partial charge is 0.497 e. The zero-order chi connectivity index (χ0) is 15.7. The Morgan fingerprint density at radius 3 is 3.00 bits per heavy atom. The van der Waals surface area contributed by atoms with Crippen LogP contribution in [0.5, 0.6) is 5.75 Å². The summed E-state index contributed by atoms with van der Waals surface area (Å²) in [5, 5.41) is 17.0. The monoisotopic (exact) mass is 318 g/mol. The van der Waals surface area contributed by atoms with Crippen LogP contribution in [0.1, 0.15) is 11.6 Å². The number of benzene rings is 1. The second kappa shape index (κ2) is 5.72. The Hall–Kier alpha value is -2.48. The molecule has 0 unspecified atom stereocenters. The zero-order valence-electron chi connectivity index (χ0n) is 12.0. The lowest BCUT2D eigenvalue weighted by molar-refractivity contribution is -0.132. The van der Waals surface area contributed by atoms with Crippen molar-refractivity contribution in [2.24, 2.45) is 0 Å². The van der Waals surface area contributed by atoms with Crippen molar-refractivity contribution in [3.63, 3.8) is 0 Å². The second-order valence-electron chi connectivity index (χ2n) is 4.60. The molecule has 22 heavy (non-hydrogen) atoms. The number of carboxylic acids is 1. The van der Waals surface area contributed by atoms with Gasteiger partial charge in [-0.05, 0) is 30.0 Å². The van der Waals surface area contributed by atoms with Crippen LogP contribution in [0, 0.1) is 0 Å². The highest BCUT2D eigenvalue weighted by molar-refractivity contribution is 7.98. The summed E-state index contributed by atoms with van der Waals surface area (Å²) in [6.07, 6.45) is 3.48. The van der Waals surface area contributed by atoms with Crippen molar-refractivity contribution in [1.29, 1.82) is 0 Å². The summed E-state index contributed by atoms with van der Waals surface area (Å²) < 4.78 is 6.91. The van der Waals surface area contributed by atoms with Gasteiger partial charge in [-0.15, -0.1) is 5.10 Å². The lowest BCUT2D eigenvalue weighted by atomic mass is 10.0. The zero-order valence-corrected chi connectivity index (χ0v) is 12.8. The molecule has 1 atom stereocenters. The number of aliphatic carboxylic acids is 1. The van der Waals surface area contributed by atoms with Gasteiger partial charge in [0.2, 0.25) is 11.1 Å². The van der Waals surface area contributed by atoms with Gasteiger partial charge in [0.05, 0.1) is 7.11 Å². The van der Waals surface area contributed by atoms with Gasteiger partial charge in [0, 0.05) is 0 Å². The summed E-state index contributed by atoms with van der Waals surface area (Å²) in [4.78, 5) is 15.6. The molecule has 0 radical (unpaired) electrons. The van der Waals surface area contributed by atoms with Crippen molar-refractivity contribution in [2.75, 3.05) is 18.7 Å². The number of nitrogens with zero attached hydrogens (tertiary/aromatic N) is 3. The number of thioether (sulfide) groups is 1. The van der Waals surface area contributed by atoms with E-state index in [0.29, 0.717) is 16.9 Å². The third-order valence-corrected chi connectivity index (χ3v) is 3.83. The van der Waals surface area contributed by atoms with Gasteiger partial charge in [-0.2, -0.15) is 4.98 Å². The molecule has 0 saturated heterocycles. The maximum atomic E-state index is 11.3. The van der Waals surface area contributed by atoms with Gasteiger partial charge >= 0.3 is 5.97 Å². The van der Waals surface area contributed by atoms with E-state index < -0.39 is 5.97 Å². The summed E-state index contributed by atoms with van der Waals surface area (Å²) in [7, 11) is 1.59. The first-order valence-corrected chi connectivity index (χ1v) is 7.71. The van der Waals surface area contributed by atoms with Crippen LogP contribution in [0.25, 0.3) is 0 Å². The predicted molar refractivity (Wildman–Crippen MR) is 82.3 cm³/mol. The Kier molecular flexibility index (Phi) is 3.76. The van der Waals surface area contributed by atoms with Gasteiger partial charge in [0.25, 0.3) is 0 Å². The number of nitrogens with one attached hydrogen (secondary N) is 1. The van der Waals surface area contributed by atoms with Crippen LogP contribution in [0.15, 0.2) is 41.2 Å². The van der Waals surface area contributed by atoms with Crippen LogP contribution >= 0.6 is 11.8 Å². The van der Waals surface area contributed by atoms with Crippen LogP contribution in [-0.4, -0.2) is 39.2 Å². The number of fused-ring (bicyclic) bond motifs is 1. The Labute approximate surface area is 131 Å². The van der Waals surface area contributed by atoms with Gasteiger partial charge in [-0.3, -0.25) is 0 Å². The van der Waals surface area contributed by atoms with Crippen molar-refractivity contribution in [2.45, 2.75) is 11.2 Å². The molecule has 3 rings (SSSR count). The van der Waals surface area contributed by atoms with Gasteiger partial charge in [-0.1, -0.05) is 23.9 Å². The molecular weight excluding hydrogens is 304 g/mol. The van der Waals surface area contributed by atoms with Crippen LogP contribution in [0.3, 0.4) is 0 Å². The third kappa shape index (κ3) is 2.52. The Morgan fingerprint density at radius 2 is 2.32 bits per heavy atom. The second-order valence-corrected chi connectivity index (χ2v) is 5.37. The summed E-state index contributed by atoms with van der Waals surface area (Å²) in [6, 6.07) is 7.10. The maximum Gasteiger partial charge on any atom is 0.352 e. The smallest absolute Gasteiger partial charge is 0.352 e. The number of methoxy groups -OCH3 is 1. The molecule has 1 aliphatic rings. The maximum absolute atomic E-state index is 11.3. The minimum atomic E-state index is -1.03. The predicted octanol–water partition coefficient (Wildman–Crippen LogP) is 1.99. The molecule has 7 nitrogen and oxygen atoms in total. The molecule has 0 bridgehead atoms. The topological polar surface area (TPSA) is 89.3 Å². The van der Waals surface area contributed by atoms with Crippen molar-refractivity contribution in [3.05, 3.63) is 41.6 Å². The molecule has 1 aromatic carbocycles. The molecule has 1 aromatic heterocycles. The summed E-state index contributed by atoms with van der Waals surface area (Å²) in [6.45, 7) is 0. The SMILES string of the molecule is COc1cccc([C@@H]2C=C(C(=O)O)Nc3nc(SC)nn32)c1. The summed E-state index contributed by atoms with van der Waals surface area (Å²) >= 11 is 1.40. The van der Waals surface area contributed by atoms with E-state index in [1.54, 1.807) is 17.9 Å². The highest BCUT2D eigenvalue weighted by Gasteiger charge is 2.27. The van der Waals surface area contributed by atoms with E-state index in [2.05, 4.69) is 15.4 Å². The van der Waals surface area contributed by atoms with Gasteiger partial charge in [0.15, 0.2) is 0 Å². The van der Waals surface area contributed by atoms with Crippen LogP contribution in [0.4, 0.5) is 5.95 Å². The lowest BCUT2D eigenvalue weighted by Gasteiger charge is -2.22. The number of carbonyl (C=O) groups is 1. The first-order chi connectivity index (χ1) is 10.6. The number of hydrogen-bond acceptors (Lipinski definition) is 6. The molecular formula is C14H14N4O3S. The lowest BCUT2D eigenvalue weighted by Crippen LogP contribution is -2.24. The first kappa shape index (κ1) is 14.5. The molecule has 114 valence electrons. The van der Waals surface area contributed by atoms with E-state index >= 15 is 0 Å². The Morgan fingerprint density at radius 1 is 1.50 bits per heavy atom. The molecule has 2 heterocycles. The third-order valence-electron chi connectivity index (χ3n) is 3.29. The number of aromatic nitrogens is 3. The molecule has 2 aromatic rings. The number of carboxylic acid groups (broad SMARTS) is 1. The van der Waals surface area contributed by atoms with Crippen LogP contribution < -0.4 is 10.1 Å². The summed E-state index contributed by atoms with van der Waals surface area (Å²) in [5.74, 6) is 0.0815. The molecule has 1 aliphatic heterocycles. The average molecular weight is 318 g/mol. The molecule has 0 saturated carbocycles. The number of hydrogen-bond donors (Lipinski definition) is 2. The Bertz CT molecular complexity index is 756. The number of ether oxygens (including phenoxy) is 1. The quantitative estimate of drug-likeness (QED) is 0.833. The normalized spacial score (nSPS) is 16.5. The molecule has 0 aliphatic carbocycles. The van der Waals surface area contributed by atoms with E-state index in [0.717, 1.165) is 5.56 Å². The van der Waals surface area contributed by atoms with Crippen LogP contribution in [-0.2, 0) is 4.79 Å². The van der Waals surface area contributed by atoms with Crippen molar-refractivity contribution >= 4 is 23.7 Å². The van der Waals surface area contributed by atoms with E-state index in [1.165, 1.54) is 11.8 Å². The molecule has 0 spiro atoms. The molecule has 0 fully saturated rings. The van der Waals surface area contributed by atoms with Crippen LogP contribution in [0.2, 0.25) is 0 Å².